The summed E-state index contributed by atoms with van der Waals surface area (Å²) in [5.41, 5.74) is 5.87. The summed E-state index contributed by atoms with van der Waals surface area (Å²) in [5, 5.41) is 0.402. The molecule has 5 aromatic rings. The van der Waals surface area contributed by atoms with Gasteiger partial charge in [0.15, 0.2) is 5.60 Å². The van der Waals surface area contributed by atoms with E-state index in [9.17, 15) is 14.4 Å². The molecule has 63 heavy (non-hydrogen) atoms. The first-order valence-electron chi connectivity index (χ1n) is 22.3. The molecule has 0 bridgehead atoms. The van der Waals surface area contributed by atoms with Crippen molar-refractivity contribution in [2.75, 3.05) is 33.8 Å². The summed E-state index contributed by atoms with van der Waals surface area (Å²) in [6, 6.07) is 38.7. The highest BCUT2D eigenvalue weighted by atomic mass is 35.5. The van der Waals surface area contributed by atoms with Crippen LogP contribution in [0.25, 0.3) is 11.1 Å². The first-order chi connectivity index (χ1) is 30.6. The third-order valence-corrected chi connectivity index (χ3v) is 13.8. The number of hydrogen-bond acceptors (Lipinski definition) is 6. The van der Waals surface area contributed by atoms with E-state index >= 15 is 4.79 Å². The first kappa shape index (κ1) is 43.7. The van der Waals surface area contributed by atoms with Crippen LogP contribution in [0.5, 0.6) is 0 Å². The van der Waals surface area contributed by atoms with E-state index < -0.39 is 42.1 Å². The fourth-order valence-electron chi connectivity index (χ4n) is 10.1. The highest BCUT2D eigenvalue weighted by Crippen LogP contribution is 2.46. The topological polar surface area (TPSA) is 96.5 Å². The van der Waals surface area contributed by atoms with Gasteiger partial charge in [-0.15, -0.1) is 0 Å². The number of hydrogen-bond donors (Lipinski definition) is 0. The Morgan fingerprint density at radius 1 is 0.698 bits per heavy atom. The van der Waals surface area contributed by atoms with Gasteiger partial charge in [-0.3, -0.25) is 19.3 Å². The zero-order valence-corrected chi connectivity index (χ0v) is 37.1. The van der Waals surface area contributed by atoms with Gasteiger partial charge in [0.2, 0.25) is 11.8 Å². The lowest BCUT2D eigenvalue weighted by atomic mass is 9.79. The number of carbonyl (C=O) groups excluding carboxylic acids is 4. The monoisotopic (exact) mass is 865 g/mol. The molecule has 3 aliphatic rings. The van der Waals surface area contributed by atoms with Crippen molar-refractivity contribution in [3.63, 3.8) is 0 Å². The summed E-state index contributed by atoms with van der Waals surface area (Å²) < 4.78 is 12.9. The second kappa shape index (κ2) is 19.2. The van der Waals surface area contributed by atoms with E-state index in [1.54, 1.807) is 25.1 Å². The standard InChI is InChI=1S/C53H56ClN3O6/c1-36-28-30-39(31-29-36)53(38-20-6-4-7-21-38,45-26-14-15-27-46(45)54)63-48(58)34-47(50(59)57-32-16-5-17-33-57)55(2)51(60)49(37-18-8-9-19-37)56(3)52(61)62-35-44-42-24-12-10-22-40(42)41-23-11-13-25-43(41)44/h4,6-7,10-15,20-31,37,44,47,49H,5,8-9,16-19,32-35H2,1-3H3/t47-,49-,53?/m0/s1. The number of esters is 1. The molecule has 1 unspecified atom stereocenters. The Bertz CT molecular complexity index is 2380. The van der Waals surface area contributed by atoms with Crippen LogP contribution in [0.1, 0.15) is 90.7 Å². The van der Waals surface area contributed by atoms with Crippen molar-refractivity contribution in [1.82, 2.24) is 14.7 Å². The predicted octanol–water partition coefficient (Wildman–Crippen LogP) is 10.2. The van der Waals surface area contributed by atoms with Crippen molar-refractivity contribution >= 4 is 35.5 Å². The molecule has 326 valence electrons. The van der Waals surface area contributed by atoms with Crippen LogP contribution in [0.4, 0.5) is 4.79 Å². The Morgan fingerprint density at radius 2 is 1.27 bits per heavy atom. The number of amides is 3. The minimum absolute atomic E-state index is 0.107. The molecule has 0 N–H and O–H groups in total. The minimum Gasteiger partial charge on any atom is -0.448 e. The van der Waals surface area contributed by atoms with Crippen LogP contribution < -0.4 is 0 Å². The summed E-state index contributed by atoms with van der Waals surface area (Å²) in [5.74, 6) is -1.73. The van der Waals surface area contributed by atoms with Crippen LogP contribution in [0, 0.1) is 12.8 Å². The summed E-state index contributed by atoms with van der Waals surface area (Å²) in [6.07, 6.45) is 4.93. The third-order valence-electron chi connectivity index (χ3n) is 13.4. The maximum atomic E-state index is 15.1. The maximum absolute atomic E-state index is 15.1. The molecule has 0 spiro atoms. The van der Waals surface area contributed by atoms with Crippen molar-refractivity contribution in [3.8, 4) is 11.1 Å². The number of likely N-dealkylation sites (N-methyl/N-ethyl adjacent to an activating group) is 2. The summed E-state index contributed by atoms with van der Waals surface area (Å²) in [6.45, 7) is 3.14. The second-order valence-electron chi connectivity index (χ2n) is 17.3. The molecule has 9 nitrogen and oxygen atoms in total. The van der Waals surface area contributed by atoms with Gasteiger partial charge in [-0.25, -0.2) is 4.79 Å². The molecule has 3 atom stereocenters. The highest BCUT2D eigenvalue weighted by molar-refractivity contribution is 6.31. The molecular weight excluding hydrogens is 810 g/mol. The lowest BCUT2D eigenvalue weighted by molar-refractivity contribution is -0.160. The molecule has 1 saturated heterocycles. The van der Waals surface area contributed by atoms with Crippen LogP contribution in [0.15, 0.2) is 127 Å². The van der Waals surface area contributed by atoms with Crippen LogP contribution in [0.3, 0.4) is 0 Å². The van der Waals surface area contributed by atoms with E-state index in [1.807, 2.05) is 104 Å². The number of carbonyl (C=O) groups is 4. The Hall–Kier alpha value is -5.93. The van der Waals surface area contributed by atoms with E-state index in [2.05, 4.69) is 24.3 Å². The number of piperidine rings is 1. The minimum atomic E-state index is -1.50. The van der Waals surface area contributed by atoms with Crippen LogP contribution in [-0.4, -0.2) is 84.5 Å². The number of likely N-dealkylation sites (tertiary alicyclic amines) is 1. The van der Waals surface area contributed by atoms with E-state index in [1.165, 1.54) is 9.80 Å². The van der Waals surface area contributed by atoms with Crippen molar-refractivity contribution in [2.24, 2.45) is 5.92 Å². The van der Waals surface area contributed by atoms with Gasteiger partial charge < -0.3 is 19.3 Å². The molecule has 5 aromatic carbocycles. The van der Waals surface area contributed by atoms with Crippen molar-refractivity contribution < 1.29 is 28.7 Å². The van der Waals surface area contributed by atoms with Gasteiger partial charge in [-0.2, -0.15) is 0 Å². The zero-order valence-electron chi connectivity index (χ0n) is 36.4. The normalized spacial score (nSPS) is 16.9. The van der Waals surface area contributed by atoms with Crippen molar-refractivity contribution in [3.05, 3.63) is 166 Å². The fraction of sp³-hybridized carbons (Fsp3) is 0.358. The average Bonchev–Trinajstić information content (AvgIpc) is 3.96. The van der Waals surface area contributed by atoms with Gasteiger partial charge >= 0.3 is 12.1 Å². The lowest BCUT2D eigenvalue weighted by Crippen LogP contribution is -2.58. The lowest BCUT2D eigenvalue weighted by Gasteiger charge is -2.39. The number of ether oxygens (including phenoxy) is 2. The fourth-order valence-corrected chi connectivity index (χ4v) is 10.3. The van der Waals surface area contributed by atoms with Crippen LogP contribution in [-0.2, 0) is 29.5 Å². The van der Waals surface area contributed by atoms with E-state index in [0.29, 0.717) is 34.8 Å². The Kier molecular flexibility index (Phi) is 13.3. The number of halogens is 1. The molecule has 2 fully saturated rings. The third kappa shape index (κ3) is 8.85. The number of aryl methyl sites for hydroxylation is 1. The average molecular weight is 866 g/mol. The van der Waals surface area contributed by atoms with Gasteiger partial charge in [0.1, 0.15) is 18.7 Å². The molecule has 1 saturated carbocycles. The van der Waals surface area contributed by atoms with Crippen LogP contribution in [0.2, 0.25) is 5.02 Å². The van der Waals surface area contributed by atoms with Crippen molar-refractivity contribution in [1.29, 1.82) is 0 Å². The number of fused-ring (bicyclic) bond motifs is 3. The van der Waals surface area contributed by atoms with Gasteiger partial charge in [-0.05, 0) is 73.3 Å². The molecule has 2 aliphatic carbocycles. The number of rotatable bonds is 13. The molecule has 3 amide bonds. The van der Waals surface area contributed by atoms with Crippen molar-refractivity contribution in [2.45, 2.75) is 81.9 Å². The predicted molar refractivity (Wildman–Crippen MR) is 245 cm³/mol. The van der Waals surface area contributed by atoms with E-state index in [0.717, 1.165) is 72.8 Å². The SMILES string of the molecule is Cc1ccc(C(OC(=O)C[C@@H](C(=O)N2CCCCC2)N(C)C(=O)[C@H](C2CCCC2)N(C)C(=O)OCC2c3ccccc3-c3ccccc32)(c2ccccc2)c2ccccc2Cl)cc1. The highest BCUT2D eigenvalue weighted by Gasteiger charge is 2.46. The van der Waals surface area contributed by atoms with Gasteiger partial charge in [0.25, 0.3) is 0 Å². The molecule has 8 rings (SSSR count). The molecule has 10 heteroatoms. The van der Waals surface area contributed by atoms with Gasteiger partial charge in [0.05, 0.1) is 6.42 Å². The van der Waals surface area contributed by atoms with E-state index in [4.69, 9.17) is 21.1 Å². The zero-order chi connectivity index (χ0) is 44.1. The van der Waals surface area contributed by atoms with Gasteiger partial charge in [0, 0.05) is 54.8 Å². The first-order valence-corrected chi connectivity index (χ1v) is 22.7. The molecule has 1 aliphatic heterocycles. The summed E-state index contributed by atoms with van der Waals surface area (Å²) in [4.78, 5) is 63.5. The number of benzene rings is 5. The van der Waals surface area contributed by atoms with Gasteiger partial charge in [-0.1, -0.05) is 151 Å². The quantitative estimate of drug-likeness (QED) is 0.0864. The smallest absolute Gasteiger partial charge is 0.410 e. The molecule has 0 aromatic heterocycles. The summed E-state index contributed by atoms with van der Waals surface area (Å²) >= 11 is 6.98. The molecule has 1 heterocycles. The van der Waals surface area contributed by atoms with Crippen LogP contribution >= 0.6 is 11.6 Å². The maximum Gasteiger partial charge on any atom is 0.410 e. The second-order valence-corrected chi connectivity index (χ2v) is 17.7. The Labute approximate surface area is 375 Å². The van der Waals surface area contributed by atoms with E-state index in [-0.39, 0.29) is 24.3 Å². The Balaban J connectivity index is 1.10. The molecular formula is C53H56ClN3O6. The molecule has 0 radical (unpaired) electrons. The number of nitrogens with zero attached hydrogens (tertiary/aromatic N) is 3. The largest absolute Gasteiger partial charge is 0.448 e. The Morgan fingerprint density at radius 3 is 1.90 bits per heavy atom. The summed E-state index contributed by atoms with van der Waals surface area (Å²) in [7, 11) is 3.19.